The molecular formula is C12H16N4S. The van der Waals surface area contributed by atoms with Crippen LogP contribution in [0.4, 0.5) is 0 Å². The third-order valence-corrected chi connectivity index (χ3v) is 3.90. The number of hydrogen-bond acceptors (Lipinski definition) is 5. The standard InChI is InChI=1S/C12H16N4S/c1-7-4-5-14-6-10(7)11(16-13)12-8(2)15-9(3)17-12/h4-6,11,16H,13H2,1-3H3. The minimum absolute atomic E-state index is 0.0325. The van der Waals surface area contributed by atoms with Gasteiger partial charge in [-0.1, -0.05) is 0 Å². The predicted molar refractivity (Wildman–Crippen MR) is 69.7 cm³/mol. The van der Waals surface area contributed by atoms with Crippen molar-refractivity contribution in [3.63, 3.8) is 0 Å². The Labute approximate surface area is 105 Å². The van der Waals surface area contributed by atoms with Crippen LogP contribution in [-0.4, -0.2) is 9.97 Å². The van der Waals surface area contributed by atoms with Crippen molar-refractivity contribution >= 4 is 11.3 Å². The van der Waals surface area contributed by atoms with E-state index in [1.54, 1.807) is 17.5 Å². The summed E-state index contributed by atoms with van der Waals surface area (Å²) in [6.45, 7) is 6.07. The Balaban J connectivity index is 2.47. The highest BCUT2D eigenvalue weighted by Gasteiger charge is 2.19. The second-order valence-corrected chi connectivity index (χ2v) is 5.25. The maximum Gasteiger partial charge on any atom is 0.0900 e. The Hall–Kier alpha value is -1.30. The van der Waals surface area contributed by atoms with Crippen LogP contribution < -0.4 is 11.3 Å². The van der Waals surface area contributed by atoms with Crippen molar-refractivity contribution in [2.24, 2.45) is 5.84 Å². The van der Waals surface area contributed by atoms with E-state index in [0.717, 1.165) is 21.1 Å². The van der Waals surface area contributed by atoms with Gasteiger partial charge in [0, 0.05) is 12.4 Å². The van der Waals surface area contributed by atoms with Crippen LogP contribution in [0, 0.1) is 20.8 Å². The molecule has 0 aliphatic carbocycles. The summed E-state index contributed by atoms with van der Waals surface area (Å²) in [6, 6.07) is 1.96. The normalized spacial score (nSPS) is 12.7. The van der Waals surface area contributed by atoms with Crippen LogP contribution in [-0.2, 0) is 0 Å². The van der Waals surface area contributed by atoms with Crippen molar-refractivity contribution in [1.82, 2.24) is 15.4 Å². The minimum atomic E-state index is -0.0325. The summed E-state index contributed by atoms with van der Waals surface area (Å²) in [5.41, 5.74) is 6.16. The van der Waals surface area contributed by atoms with Crippen molar-refractivity contribution in [3.8, 4) is 0 Å². The van der Waals surface area contributed by atoms with Crippen LogP contribution in [0.3, 0.4) is 0 Å². The van der Waals surface area contributed by atoms with Gasteiger partial charge < -0.3 is 0 Å². The number of nitrogens with zero attached hydrogens (tertiary/aromatic N) is 2. The first-order chi connectivity index (χ1) is 8.13. The molecule has 2 rings (SSSR count). The zero-order valence-corrected chi connectivity index (χ0v) is 11.0. The summed E-state index contributed by atoms with van der Waals surface area (Å²) in [6.07, 6.45) is 3.64. The molecule has 2 heterocycles. The molecule has 0 aliphatic heterocycles. The van der Waals surface area contributed by atoms with Gasteiger partial charge in [-0.3, -0.25) is 10.8 Å². The van der Waals surface area contributed by atoms with E-state index >= 15 is 0 Å². The number of rotatable bonds is 3. The number of thiazole rings is 1. The second kappa shape index (κ2) is 4.91. The molecule has 0 amide bonds. The third-order valence-electron chi connectivity index (χ3n) is 2.76. The molecule has 3 N–H and O–H groups in total. The van der Waals surface area contributed by atoms with E-state index in [9.17, 15) is 0 Å². The molecule has 90 valence electrons. The Kier molecular flexibility index (Phi) is 3.51. The average molecular weight is 248 g/mol. The van der Waals surface area contributed by atoms with E-state index in [2.05, 4.69) is 22.3 Å². The van der Waals surface area contributed by atoms with Gasteiger partial charge in [0.2, 0.25) is 0 Å². The van der Waals surface area contributed by atoms with E-state index in [1.807, 2.05) is 26.1 Å². The van der Waals surface area contributed by atoms with Gasteiger partial charge in [0.1, 0.15) is 0 Å². The number of nitrogens with two attached hydrogens (primary N) is 1. The van der Waals surface area contributed by atoms with Gasteiger partial charge in [-0.2, -0.15) is 0 Å². The first kappa shape index (κ1) is 12.2. The molecule has 0 saturated carbocycles. The molecule has 1 atom stereocenters. The summed E-state index contributed by atoms with van der Waals surface area (Å²) < 4.78 is 0. The van der Waals surface area contributed by atoms with E-state index in [-0.39, 0.29) is 6.04 Å². The van der Waals surface area contributed by atoms with Crippen LogP contribution in [0.2, 0.25) is 0 Å². The van der Waals surface area contributed by atoms with Gasteiger partial charge in [-0.25, -0.2) is 10.4 Å². The molecular weight excluding hydrogens is 232 g/mol. The Bertz CT molecular complexity index is 521. The maximum absolute atomic E-state index is 5.68. The molecule has 0 bridgehead atoms. The third kappa shape index (κ3) is 2.36. The van der Waals surface area contributed by atoms with Gasteiger partial charge in [-0.15, -0.1) is 11.3 Å². The highest BCUT2D eigenvalue weighted by Crippen LogP contribution is 2.30. The van der Waals surface area contributed by atoms with Crippen molar-refractivity contribution in [3.05, 3.63) is 45.2 Å². The molecule has 4 nitrogen and oxygen atoms in total. The van der Waals surface area contributed by atoms with Crippen molar-refractivity contribution in [1.29, 1.82) is 0 Å². The lowest BCUT2D eigenvalue weighted by Gasteiger charge is -2.17. The number of aromatic nitrogens is 2. The fourth-order valence-corrected chi connectivity index (χ4v) is 2.91. The Morgan fingerprint density at radius 2 is 2.12 bits per heavy atom. The predicted octanol–water partition coefficient (Wildman–Crippen LogP) is 2.02. The number of aryl methyl sites for hydroxylation is 3. The van der Waals surface area contributed by atoms with Crippen LogP contribution in [0.25, 0.3) is 0 Å². The highest BCUT2D eigenvalue weighted by molar-refractivity contribution is 7.11. The molecule has 1 unspecified atom stereocenters. The second-order valence-electron chi connectivity index (χ2n) is 4.01. The molecule has 0 saturated heterocycles. The van der Waals surface area contributed by atoms with Gasteiger partial charge in [0.15, 0.2) is 0 Å². The maximum atomic E-state index is 5.68. The van der Waals surface area contributed by atoms with Gasteiger partial charge in [-0.05, 0) is 38.0 Å². The lowest BCUT2D eigenvalue weighted by molar-refractivity contribution is 0.636. The lowest BCUT2D eigenvalue weighted by Crippen LogP contribution is -2.29. The summed E-state index contributed by atoms with van der Waals surface area (Å²) >= 11 is 1.67. The molecule has 0 radical (unpaired) electrons. The lowest BCUT2D eigenvalue weighted by atomic mass is 10.0. The van der Waals surface area contributed by atoms with E-state index in [4.69, 9.17) is 5.84 Å². The number of nitrogens with one attached hydrogen (secondary N) is 1. The van der Waals surface area contributed by atoms with Crippen LogP contribution in [0.15, 0.2) is 18.5 Å². The molecule has 2 aromatic heterocycles. The van der Waals surface area contributed by atoms with Crippen molar-refractivity contribution in [2.45, 2.75) is 26.8 Å². The van der Waals surface area contributed by atoms with Gasteiger partial charge >= 0.3 is 0 Å². The summed E-state index contributed by atoms with van der Waals surface area (Å²) in [5, 5.41) is 1.05. The van der Waals surface area contributed by atoms with Crippen LogP contribution in [0.1, 0.15) is 32.7 Å². The molecule has 17 heavy (non-hydrogen) atoms. The minimum Gasteiger partial charge on any atom is -0.271 e. The van der Waals surface area contributed by atoms with Crippen LogP contribution in [0.5, 0.6) is 0 Å². The zero-order chi connectivity index (χ0) is 12.4. The monoisotopic (exact) mass is 248 g/mol. The largest absolute Gasteiger partial charge is 0.271 e. The zero-order valence-electron chi connectivity index (χ0n) is 10.2. The smallest absolute Gasteiger partial charge is 0.0900 e. The summed E-state index contributed by atoms with van der Waals surface area (Å²) in [4.78, 5) is 9.76. The average Bonchev–Trinajstić information content (AvgIpc) is 2.62. The first-order valence-corrected chi connectivity index (χ1v) is 6.25. The molecule has 0 spiro atoms. The fraction of sp³-hybridized carbons (Fsp3) is 0.333. The fourth-order valence-electron chi connectivity index (χ4n) is 1.90. The number of hydrogen-bond donors (Lipinski definition) is 2. The topological polar surface area (TPSA) is 63.8 Å². The summed E-state index contributed by atoms with van der Waals surface area (Å²) in [7, 11) is 0. The SMILES string of the molecule is Cc1nc(C)c(C(NN)c2cnccc2C)s1. The van der Waals surface area contributed by atoms with Crippen LogP contribution >= 0.6 is 11.3 Å². The highest BCUT2D eigenvalue weighted by atomic mass is 32.1. The molecule has 0 aliphatic rings. The molecule has 0 aromatic carbocycles. The van der Waals surface area contributed by atoms with Gasteiger partial charge in [0.05, 0.1) is 21.6 Å². The van der Waals surface area contributed by atoms with E-state index < -0.39 is 0 Å². The van der Waals surface area contributed by atoms with Crippen molar-refractivity contribution < 1.29 is 0 Å². The number of pyridine rings is 1. The number of hydrazine groups is 1. The van der Waals surface area contributed by atoms with E-state index in [0.29, 0.717) is 0 Å². The van der Waals surface area contributed by atoms with E-state index in [1.165, 1.54) is 5.56 Å². The quantitative estimate of drug-likeness (QED) is 0.644. The Morgan fingerprint density at radius 1 is 1.35 bits per heavy atom. The molecule has 2 aromatic rings. The van der Waals surface area contributed by atoms with Gasteiger partial charge in [0.25, 0.3) is 0 Å². The molecule has 0 fully saturated rings. The first-order valence-electron chi connectivity index (χ1n) is 5.44. The molecule has 5 heteroatoms. The van der Waals surface area contributed by atoms with Crippen molar-refractivity contribution in [2.75, 3.05) is 0 Å². The Morgan fingerprint density at radius 3 is 2.65 bits per heavy atom. The summed E-state index contributed by atoms with van der Waals surface area (Å²) in [5.74, 6) is 5.68.